The zero-order valence-electron chi connectivity index (χ0n) is 11.4. The van der Waals surface area contributed by atoms with Crippen LogP contribution in [0.1, 0.15) is 6.92 Å². The van der Waals surface area contributed by atoms with Crippen LogP contribution in [-0.2, 0) is 14.8 Å². The molecule has 0 saturated heterocycles. The number of rotatable bonds is 6. The summed E-state index contributed by atoms with van der Waals surface area (Å²) in [6, 6.07) is 1.94. The number of carboxylic acids is 1. The van der Waals surface area contributed by atoms with Crippen molar-refractivity contribution in [2.75, 3.05) is 6.54 Å². The van der Waals surface area contributed by atoms with Gasteiger partial charge in [0.1, 0.15) is 5.82 Å². The van der Waals surface area contributed by atoms with E-state index in [0.29, 0.717) is 12.1 Å². The van der Waals surface area contributed by atoms with Crippen molar-refractivity contribution < 1.29 is 45.7 Å². The van der Waals surface area contributed by atoms with Crippen molar-refractivity contribution in [1.82, 2.24) is 4.72 Å². The second-order valence-corrected chi connectivity index (χ2v) is 6.22. The number of hydrogen-bond acceptors (Lipinski definition) is 5. The Morgan fingerprint density at radius 3 is 2.39 bits per heavy atom. The fourth-order valence-corrected chi connectivity index (χ4v) is 2.65. The second kappa shape index (κ2) is 6.29. The fourth-order valence-electron chi connectivity index (χ4n) is 1.34. The minimum atomic E-state index is -5.27. The molecule has 0 fully saturated rings. The standard InChI is InChI=1S/C11H11F4NO6S/c1-10(19,9(17)18)5-16-23(20,21)8-6(12)3-2-4-7(8)22-11(13,14)15/h2-4,16,19H,5H2,1H3,(H,17,18). The smallest absolute Gasteiger partial charge is 0.479 e. The van der Waals surface area contributed by atoms with Crippen LogP contribution in [0.2, 0.25) is 0 Å². The Balaban J connectivity index is 3.21. The van der Waals surface area contributed by atoms with Gasteiger partial charge in [-0.15, -0.1) is 13.2 Å². The van der Waals surface area contributed by atoms with Gasteiger partial charge in [-0.1, -0.05) is 6.07 Å². The van der Waals surface area contributed by atoms with Crippen LogP contribution in [0.4, 0.5) is 17.6 Å². The number of sulfonamides is 1. The predicted octanol–water partition coefficient (Wildman–Crippen LogP) is 0.838. The molecule has 23 heavy (non-hydrogen) atoms. The third kappa shape index (κ3) is 5.04. The monoisotopic (exact) mass is 361 g/mol. The molecule has 0 heterocycles. The summed E-state index contributed by atoms with van der Waals surface area (Å²) in [6.45, 7) is -0.364. The summed E-state index contributed by atoms with van der Waals surface area (Å²) < 4.78 is 79.2. The lowest BCUT2D eigenvalue weighted by molar-refractivity contribution is -0.275. The number of nitrogens with one attached hydrogen (secondary N) is 1. The number of hydrogen-bond donors (Lipinski definition) is 3. The van der Waals surface area contributed by atoms with Gasteiger partial charge in [0, 0.05) is 0 Å². The molecule has 1 aromatic carbocycles. The van der Waals surface area contributed by atoms with Crippen molar-refractivity contribution in [2.24, 2.45) is 0 Å². The lowest BCUT2D eigenvalue weighted by Crippen LogP contribution is -2.46. The Morgan fingerprint density at radius 1 is 1.35 bits per heavy atom. The van der Waals surface area contributed by atoms with E-state index in [2.05, 4.69) is 4.74 Å². The van der Waals surface area contributed by atoms with Crippen LogP contribution >= 0.6 is 0 Å². The van der Waals surface area contributed by atoms with Gasteiger partial charge in [0.25, 0.3) is 0 Å². The molecule has 7 nitrogen and oxygen atoms in total. The number of benzene rings is 1. The van der Waals surface area contributed by atoms with Gasteiger partial charge in [-0.25, -0.2) is 22.3 Å². The Morgan fingerprint density at radius 2 is 1.91 bits per heavy atom. The van der Waals surface area contributed by atoms with Crippen molar-refractivity contribution in [1.29, 1.82) is 0 Å². The molecule has 0 bridgehead atoms. The molecular weight excluding hydrogens is 350 g/mol. The summed E-state index contributed by atoms with van der Waals surface area (Å²) in [6.07, 6.45) is -5.27. The number of halogens is 4. The van der Waals surface area contributed by atoms with E-state index in [1.165, 1.54) is 4.72 Å². The van der Waals surface area contributed by atoms with Crippen molar-refractivity contribution >= 4 is 16.0 Å². The average Bonchev–Trinajstić information content (AvgIpc) is 2.34. The van der Waals surface area contributed by atoms with Crippen LogP contribution in [0, 0.1) is 5.82 Å². The van der Waals surface area contributed by atoms with Crippen molar-refractivity contribution in [3.63, 3.8) is 0 Å². The van der Waals surface area contributed by atoms with Gasteiger partial charge in [0.05, 0.1) is 6.54 Å². The van der Waals surface area contributed by atoms with E-state index in [-0.39, 0.29) is 0 Å². The molecule has 0 aliphatic carbocycles. The first kappa shape index (κ1) is 19.1. The average molecular weight is 361 g/mol. The molecule has 0 aliphatic rings. The molecule has 12 heteroatoms. The highest BCUT2D eigenvalue weighted by Crippen LogP contribution is 2.31. The van der Waals surface area contributed by atoms with Gasteiger partial charge in [0.2, 0.25) is 10.0 Å². The van der Waals surface area contributed by atoms with Gasteiger partial charge >= 0.3 is 12.3 Å². The zero-order chi connectivity index (χ0) is 18.1. The molecule has 1 atom stereocenters. The maximum absolute atomic E-state index is 13.7. The van der Waals surface area contributed by atoms with Gasteiger partial charge < -0.3 is 14.9 Å². The number of carbonyl (C=O) groups is 1. The summed E-state index contributed by atoms with van der Waals surface area (Å²) in [5.41, 5.74) is -2.55. The first-order chi connectivity index (χ1) is 10.3. The lowest BCUT2D eigenvalue weighted by Gasteiger charge is -2.19. The third-order valence-corrected chi connectivity index (χ3v) is 3.95. The molecule has 0 saturated carbocycles. The highest BCUT2D eigenvalue weighted by atomic mass is 32.2. The van der Waals surface area contributed by atoms with E-state index in [1.807, 2.05) is 0 Å². The molecule has 0 amide bonds. The third-order valence-electron chi connectivity index (χ3n) is 2.49. The molecule has 0 aliphatic heterocycles. The van der Waals surface area contributed by atoms with E-state index in [0.717, 1.165) is 13.0 Å². The summed E-state index contributed by atoms with van der Waals surface area (Å²) >= 11 is 0. The number of alkyl halides is 3. The number of aliphatic carboxylic acids is 1. The number of ether oxygens (including phenoxy) is 1. The molecule has 1 unspecified atom stereocenters. The maximum atomic E-state index is 13.7. The van der Waals surface area contributed by atoms with Crippen LogP contribution < -0.4 is 9.46 Å². The van der Waals surface area contributed by atoms with Crippen LogP contribution in [0.25, 0.3) is 0 Å². The second-order valence-electron chi connectivity index (χ2n) is 4.52. The zero-order valence-corrected chi connectivity index (χ0v) is 12.2. The highest BCUT2D eigenvalue weighted by molar-refractivity contribution is 7.89. The number of carboxylic acid groups (broad SMARTS) is 1. The summed E-state index contributed by atoms with van der Waals surface area (Å²) in [5.74, 6) is -4.67. The van der Waals surface area contributed by atoms with Crippen molar-refractivity contribution in [2.45, 2.75) is 23.8 Å². The summed E-state index contributed by atoms with van der Waals surface area (Å²) in [4.78, 5) is 9.20. The lowest BCUT2D eigenvalue weighted by atomic mass is 10.1. The molecular formula is C11H11F4NO6S. The van der Waals surface area contributed by atoms with E-state index in [9.17, 15) is 35.9 Å². The van der Waals surface area contributed by atoms with Crippen LogP contribution in [-0.4, -0.2) is 43.1 Å². The number of aliphatic hydroxyl groups is 1. The summed E-state index contributed by atoms with van der Waals surface area (Å²) in [7, 11) is -4.93. The van der Waals surface area contributed by atoms with Crippen molar-refractivity contribution in [3.8, 4) is 5.75 Å². The van der Waals surface area contributed by atoms with Gasteiger partial charge in [-0.05, 0) is 19.1 Å². The molecule has 1 aromatic rings. The molecule has 130 valence electrons. The maximum Gasteiger partial charge on any atom is 0.573 e. The van der Waals surface area contributed by atoms with Gasteiger partial charge in [-0.3, -0.25) is 0 Å². The van der Waals surface area contributed by atoms with Crippen LogP contribution in [0.5, 0.6) is 5.75 Å². The Kier molecular flexibility index (Phi) is 5.23. The van der Waals surface area contributed by atoms with Crippen molar-refractivity contribution in [3.05, 3.63) is 24.0 Å². The largest absolute Gasteiger partial charge is 0.573 e. The Hall–Kier alpha value is -1.92. The highest BCUT2D eigenvalue weighted by Gasteiger charge is 2.37. The molecule has 3 N–H and O–H groups in total. The van der Waals surface area contributed by atoms with Gasteiger partial charge in [0.15, 0.2) is 16.2 Å². The minimum absolute atomic E-state index is 0.570. The van der Waals surface area contributed by atoms with Crippen LogP contribution in [0.3, 0.4) is 0 Å². The van der Waals surface area contributed by atoms with Gasteiger partial charge in [-0.2, -0.15) is 0 Å². The minimum Gasteiger partial charge on any atom is -0.479 e. The first-order valence-electron chi connectivity index (χ1n) is 5.76. The predicted molar refractivity (Wildman–Crippen MR) is 66.5 cm³/mol. The van der Waals surface area contributed by atoms with Crippen LogP contribution in [0.15, 0.2) is 23.1 Å². The molecule has 1 rings (SSSR count). The molecule has 0 spiro atoms. The SMILES string of the molecule is CC(O)(CNS(=O)(=O)c1c(F)cccc1OC(F)(F)F)C(=O)O. The first-order valence-corrected chi connectivity index (χ1v) is 7.24. The Labute approximate surface area is 127 Å². The molecule has 0 radical (unpaired) electrons. The van der Waals surface area contributed by atoms with E-state index < -0.39 is 51.0 Å². The molecule has 0 aromatic heterocycles. The van der Waals surface area contributed by atoms with E-state index in [4.69, 9.17) is 5.11 Å². The quantitative estimate of drug-likeness (QED) is 0.647. The normalized spacial score (nSPS) is 15.0. The fraction of sp³-hybridized carbons (Fsp3) is 0.364. The Bertz CT molecular complexity index is 701. The van der Waals surface area contributed by atoms with E-state index >= 15 is 0 Å². The summed E-state index contributed by atoms with van der Waals surface area (Å²) in [5, 5.41) is 18.0. The van der Waals surface area contributed by atoms with E-state index in [1.54, 1.807) is 0 Å². The topological polar surface area (TPSA) is 113 Å².